The normalized spacial score (nSPS) is 12.5. The number of unbranched alkanes of at least 4 members (excludes halogenated alkanes) is 37. The number of rotatable bonds is 55. The van der Waals surface area contributed by atoms with E-state index in [1.807, 2.05) is 0 Å². The Labute approximate surface area is 425 Å². The van der Waals surface area contributed by atoms with Crippen LogP contribution in [0.3, 0.4) is 0 Å². The van der Waals surface area contributed by atoms with Gasteiger partial charge in [0.05, 0.1) is 0 Å². The summed E-state index contributed by atoms with van der Waals surface area (Å²) < 4.78 is 16.9. The van der Waals surface area contributed by atoms with Gasteiger partial charge < -0.3 is 14.2 Å². The maximum absolute atomic E-state index is 12.9. The van der Waals surface area contributed by atoms with Crippen LogP contribution < -0.4 is 0 Å². The highest BCUT2D eigenvalue weighted by molar-refractivity contribution is 5.71. The zero-order valence-electron chi connectivity index (χ0n) is 46.9. The second kappa shape index (κ2) is 53.2. The highest BCUT2D eigenvalue weighted by Gasteiger charge is 2.19. The Morgan fingerprint density at radius 1 is 0.294 bits per heavy atom. The maximum Gasteiger partial charge on any atom is 0.306 e. The number of hydrogen-bond acceptors (Lipinski definition) is 6. The molecule has 2 atom stereocenters. The molecule has 0 heterocycles. The summed E-state index contributed by atoms with van der Waals surface area (Å²) >= 11 is 0. The van der Waals surface area contributed by atoms with Gasteiger partial charge in [-0.1, -0.05) is 305 Å². The van der Waals surface area contributed by atoms with E-state index in [9.17, 15) is 14.4 Å². The number of carbonyl (C=O) groups excluding carboxylic acids is 3. The van der Waals surface area contributed by atoms with Gasteiger partial charge in [-0.15, -0.1) is 0 Å². The summed E-state index contributed by atoms with van der Waals surface area (Å²) in [7, 11) is 0. The van der Waals surface area contributed by atoms with Crippen LogP contribution in [-0.4, -0.2) is 37.2 Å². The molecule has 0 aromatic rings. The zero-order chi connectivity index (χ0) is 49.8. The zero-order valence-corrected chi connectivity index (χ0v) is 46.9. The summed E-state index contributed by atoms with van der Waals surface area (Å²) in [6.45, 7) is 13.8. The van der Waals surface area contributed by atoms with Crippen LogP contribution in [0.1, 0.15) is 343 Å². The lowest BCUT2D eigenvalue weighted by molar-refractivity contribution is -0.167. The molecule has 6 nitrogen and oxygen atoms in total. The molecular weight excluding hydrogens is 841 g/mol. The molecule has 0 fully saturated rings. The van der Waals surface area contributed by atoms with Gasteiger partial charge in [-0.25, -0.2) is 0 Å². The molecule has 0 N–H and O–H groups in total. The molecule has 404 valence electrons. The molecule has 0 aliphatic rings. The number of esters is 3. The minimum atomic E-state index is -0.764. The first-order valence-electron chi connectivity index (χ1n) is 30.6. The van der Waals surface area contributed by atoms with Gasteiger partial charge in [-0.05, 0) is 37.0 Å². The molecular formula is C62H120O6. The molecule has 0 aromatic heterocycles. The van der Waals surface area contributed by atoms with Gasteiger partial charge in [0, 0.05) is 19.3 Å². The fourth-order valence-electron chi connectivity index (χ4n) is 9.50. The van der Waals surface area contributed by atoms with Gasteiger partial charge in [0.2, 0.25) is 0 Å². The molecule has 0 spiro atoms. The van der Waals surface area contributed by atoms with E-state index >= 15 is 0 Å². The first-order chi connectivity index (χ1) is 33.1. The van der Waals surface area contributed by atoms with Crippen LogP contribution in [0.5, 0.6) is 0 Å². The van der Waals surface area contributed by atoms with Crippen molar-refractivity contribution in [1.29, 1.82) is 0 Å². The summed E-state index contributed by atoms with van der Waals surface area (Å²) in [4.78, 5) is 38.2. The van der Waals surface area contributed by atoms with Crippen LogP contribution in [0.4, 0.5) is 0 Å². The third-order valence-electron chi connectivity index (χ3n) is 14.5. The maximum atomic E-state index is 12.9. The van der Waals surface area contributed by atoms with Crippen LogP contribution in [0, 0.1) is 17.8 Å². The summed E-state index contributed by atoms with van der Waals surface area (Å²) in [5.41, 5.74) is 0. The van der Waals surface area contributed by atoms with Gasteiger partial charge >= 0.3 is 17.9 Å². The molecule has 0 saturated carbocycles. The molecule has 0 rings (SSSR count). The summed E-state index contributed by atoms with van der Waals surface area (Å²) in [5, 5.41) is 0. The number of carbonyl (C=O) groups is 3. The lowest BCUT2D eigenvalue weighted by atomic mass is 9.99. The molecule has 0 aliphatic heterocycles. The monoisotopic (exact) mass is 961 g/mol. The van der Waals surface area contributed by atoms with Crippen LogP contribution >= 0.6 is 0 Å². The van der Waals surface area contributed by atoms with E-state index in [1.54, 1.807) is 0 Å². The molecule has 0 radical (unpaired) electrons. The van der Waals surface area contributed by atoms with Crippen molar-refractivity contribution in [3.8, 4) is 0 Å². The van der Waals surface area contributed by atoms with Crippen LogP contribution in [0.25, 0.3) is 0 Å². The van der Waals surface area contributed by atoms with Crippen LogP contribution in [0.15, 0.2) is 0 Å². The molecule has 0 bridgehead atoms. The van der Waals surface area contributed by atoms with E-state index in [4.69, 9.17) is 14.2 Å². The van der Waals surface area contributed by atoms with E-state index in [2.05, 4.69) is 41.5 Å². The Balaban J connectivity index is 4.28. The lowest BCUT2D eigenvalue weighted by Crippen LogP contribution is -2.30. The quantitative estimate of drug-likeness (QED) is 0.0343. The molecule has 6 heteroatoms. The molecule has 0 aromatic carbocycles. The standard InChI is InChI=1S/C62H120O6/c1-7-58(6)50-44-38-32-26-22-23-28-34-40-46-52-61(64)67-55-59(54-66-60(63)51-45-39-33-27-20-17-16-19-25-31-37-43-49-57(4)5)68-62(65)53-47-41-35-29-21-15-13-11-9-8-10-12-14-18-24-30-36-42-48-56(2)3/h56-59H,7-55H2,1-6H3/t58?,59-/m1/s1. The fourth-order valence-corrected chi connectivity index (χ4v) is 9.50. The fraction of sp³-hybridized carbons (Fsp3) is 0.952. The Hall–Kier alpha value is -1.59. The van der Waals surface area contributed by atoms with Gasteiger partial charge in [0.1, 0.15) is 13.2 Å². The Morgan fingerprint density at radius 2 is 0.515 bits per heavy atom. The highest BCUT2D eigenvalue weighted by Crippen LogP contribution is 2.19. The van der Waals surface area contributed by atoms with Gasteiger partial charge in [-0.2, -0.15) is 0 Å². The Morgan fingerprint density at radius 3 is 0.765 bits per heavy atom. The van der Waals surface area contributed by atoms with Crippen LogP contribution in [-0.2, 0) is 28.6 Å². The van der Waals surface area contributed by atoms with Gasteiger partial charge in [0.25, 0.3) is 0 Å². The second-order valence-electron chi connectivity index (χ2n) is 22.5. The van der Waals surface area contributed by atoms with Crippen molar-refractivity contribution in [1.82, 2.24) is 0 Å². The minimum absolute atomic E-state index is 0.0633. The first kappa shape index (κ1) is 66.4. The Bertz CT molecular complexity index is 1060. The second-order valence-corrected chi connectivity index (χ2v) is 22.5. The third-order valence-corrected chi connectivity index (χ3v) is 14.5. The van der Waals surface area contributed by atoms with Crippen molar-refractivity contribution in [2.75, 3.05) is 13.2 Å². The van der Waals surface area contributed by atoms with Crippen molar-refractivity contribution < 1.29 is 28.6 Å². The highest BCUT2D eigenvalue weighted by atomic mass is 16.6. The number of ether oxygens (including phenoxy) is 3. The average molecular weight is 962 g/mol. The topological polar surface area (TPSA) is 78.9 Å². The predicted octanol–water partition coefficient (Wildman–Crippen LogP) is 20.3. The van der Waals surface area contributed by atoms with Crippen molar-refractivity contribution in [3.63, 3.8) is 0 Å². The van der Waals surface area contributed by atoms with Crippen molar-refractivity contribution in [3.05, 3.63) is 0 Å². The largest absolute Gasteiger partial charge is 0.462 e. The van der Waals surface area contributed by atoms with Gasteiger partial charge in [0.15, 0.2) is 6.10 Å². The Kier molecular flexibility index (Phi) is 52.0. The average Bonchev–Trinajstić information content (AvgIpc) is 3.31. The van der Waals surface area contributed by atoms with Gasteiger partial charge in [-0.3, -0.25) is 14.4 Å². The van der Waals surface area contributed by atoms with E-state index in [1.165, 1.54) is 225 Å². The predicted molar refractivity (Wildman–Crippen MR) is 293 cm³/mol. The molecule has 0 aliphatic carbocycles. The molecule has 68 heavy (non-hydrogen) atoms. The molecule has 1 unspecified atom stereocenters. The van der Waals surface area contributed by atoms with E-state index in [0.29, 0.717) is 19.3 Å². The minimum Gasteiger partial charge on any atom is -0.462 e. The van der Waals surface area contributed by atoms with Crippen LogP contribution in [0.2, 0.25) is 0 Å². The number of hydrogen-bond donors (Lipinski definition) is 0. The third kappa shape index (κ3) is 53.8. The van der Waals surface area contributed by atoms with E-state index in [0.717, 1.165) is 75.5 Å². The summed E-state index contributed by atoms with van der Waals surface area (Å²) in [6.07, 6.45) is 56.6. The van der Waals surface area contributed by atoms with Crippen molar-refractivity contribution in [2.45, 2.75) is 349 Å². The first-order valence-corrected chi connectivity index (χ1v) is 30.6. The van der Waals surface area contributed by atoms with Crippen molar-refractivity contribution >= 4 is 17.9 Å². The lowest BCUT2D eigenvalue weighted by Gasteiger charge is -2.18. The van der Waals surface area contributed by atoms with E-state index in [-0.39, 0.29) is 31.1 Å². The van der Waals surface area contributed by atoms with Crippen molar-refractivity contribution in [2.24, 2.45) is 17.8 Å². The SMILES string of the molecule is CCC(C)CCCCCCCCCCCCC(=O)OC[C@@H](COC(=O)CCCCCCCCCCCCCCC(C)C)OC(=O)CCCCCCCCCCCCCCCCCCCCC(C)C. The summed E-state index contributed by atoms with van der Waals surface area (Å²) in [5.74, 6) is 1.72. The van der Waals surface area contributed by atoms with E-state index < -0.39 is 6.10 Å². The molecule has 0 saturated heterocycles. The molecule has 0 amide bonds. The summed E-state index contributed by atoms with van der Waals surface area (Å²) in [6, 6.07) is 0. The smallest absolute Gasteiger partial charge is 0.306 e.